The molecular weight excluding hydrogens is 577 g/mol. The van der Waals surface area contributed by atoms with Gasteiger partial charge in [0.05, 0.1) is 22.0 Å². The number of amides is 2. The molecule has 11 heteroatoms. The van der Waals surface area contributed by atoms with Gasteiger partial charge in [0.25, 0.3) is 0 Å². The number of benzene rings is 2. The summed E-state index contributed by atoms with van der Waals surface area (Å²) >= 11 is 15.6. The first-order valence-corrected chi connectivity index (χ1v) is 14.5. The van der Waals surface area contributed by atoms with Crippen LogP contribution in [0.2, 0.25) is 10.0 Å². The van der Waals surface area contributed by atoms with E-state index >= 15 is 0 Å². The number of nitrogens with zero attached hydrogens (tertiary/aromatic N) is 2. The molecule has 2 atom stereocenters. The zero-order chi connectivity index (χ0) is 26.3. The molecule has 0 bridgehead atoms. The van der Waals surface area contributed by atoms with E-state index in [1.165, 1.54) is 4.90 Å². The van der Waals surface area contributed by atoms with Crippen molar-refractivity contribution < 1.29 is 18.0 Å². The summed E-state index contributed by atoms with van der Waals surface area (Å²) in [5, 5.41) is 3.62. The molecular formula is C24H30BrCl2N3O4S. The number of nitrogens with one attached hydrogen (secondary N) is 1. The zero-order valence-corrected chi connectivity index (χ0v) is 24.0. The summed E-state index contributed by atoms with van der Waals surface area (Å²) in [5.74, 6) is -0.823. The molecule has 0 aliphatic rings. The highest BCUT2D eigenvalue weighted by atomic mass is 79.9. The smallest absolute Gasteiger partial charge is 0.244 e. The van der Waals surface area contributed by atoms with E-state index in [2.05, 4.69) is 21.2 Å². The van der Waals surface area contributed by atoms with Gasteiger partial charge in [0, 0.05) is 17.1 Å². The van der Waals surface area contributed by atoms with Gasteiger partial charge in [-0.2, -0.15) is 0 Å². The van der Waals surface area contributed by atoms with Gasteiger partial charge in [-0.05, 0) is 55.7 Å². The van der Waals surface area contributed by atoms with E-state index in [4.69, 9.17) is 23.2 Å². The molecule has 2 aromatic rings. The van der Waals surface area contributed by atoms with Crippen molar-refractivity contribution in [2.45, 2.75) is 52.2 Å². The van der Waals surface area contributed by atoms with Crippen molar-refractivity contribution >= 4 is 66.7 Å². The van der Waals surface area contributed by atoms with E-state index < -0.39 is 28.5 Å². The van der Waals surface area contributed by atoms with Gasteiger partial charge in [-0.1, -0.05) is 65.1 Å². The predicted molar refractivity (Wildman–Crippen MR) is 145 cm³/mol. The van der Waals surface area contributed by atoms with Crippen LogP contribution in [0.3, 0.4) is 0 Å². The average Bonchev–Trinajstić information content (AvgIpc) is 2.78. The predicted octanol–water partition coefficient (Wildman–Crippen LogP) is 5.24. The first kappa shape index (κ1) is 29.4. The second kappa shape index (κ2) is 12.9. The molecule has 0 heterocycles. The summed E-state index contributed by atoms with van der Waals surface area (Å²) in [6.45, 7) is 5.22. The highest BCUT2D eigenvalue weighted by Gasteiger charge is 2.32. The van der Waals surface area contributed by atoms with Crippen LogP contribution in [0.1, 0.15) is 39.2 Å². The van der Waals surface area contributed by atoms with E-state index in [1.54, 1.807) is 49.4 Å². The first-order chi connectivity index (χ1) is 16.4. The lowest BCUT2D eigenvalue weighted by atomic mass is 10.1. The van der Waals surface area contributed by atoms with E-state index in [-0.39, 0.29) is 18.5 Å². The van der Waals surface area contributed by atoms with Crippen LogP contribution in [-0.2, 0) is 26.2 Å². The summed E-state index contributed by atoms with van der Waals surface area (Å²) in [6, 6.07) is 10.7. The largest absolute Gasteiger partial charge is 0.352 e. The summed E-state index contributed by atoms with van der Waals surface area (Å²) in [6.07, 6.45) is 2.11. The second-order valence-electron chi connectivity index (χ2n) is 8.26. The topological polar surface area (TPSA) is 86.8 Å². The quantitative estimate of drug-likeness (QED) is 0.379. The average molecular weight is 607 g/mol. The third kappa shape index (κ3) is 8.37. The van der Waals surface area contributed by atoms with Crippen LogP contribution in [0, 0.1) is 0 Å². The molecule has 0 spiro atoms. The minimum Gasteiger partial charge on any atom is -0.352 e. The Kier molecular flexibility index (Phi) is 10.9. The number of rotatable bonds is 11. The minimum absolute atomic E-state index is 0.0538. The maximum Gasteiger partial charge on any atom is 0.244 e. The molecule has 1 N–H and O–H groups in total. The molecule has 2 rings (SSSR count). The van der Waals surface area contributed by atoms with Crippen LogP contribution in [-0.4, -0.2) is 50.0 Å². The lowest BCUT2D eigenvalue weighted by molar-refractivity contribution is -0.140. The lowest BCUT2D eigenvalue weighted by Crippen LogP contribution is -2.53. The van der Waals surface area contributed by atoms with E-state index in [9.17, 15) is 18.0 Å². The van der Waals surface area contributed by atoms with Gasteiger partial charge in [-0.15, -0.1) is 0 Å². The van der Waals surface area contributed by atoms with Crippen molar-refractivity contribution in [1.82, 2.24) is 10.2 Å². The summed E-state index contributed by atoms with van der Waals surface area (Å²) < 4.78 is 27.0. The molecule has 0 saturated heterocycles. The maximum atomic E-state index is 13.6. The molecule has 2 aromatic carbocycles. The standard InChI is InChI=1S/C24H30BrCl2N3O4S/c1-5-16(3)28-24(32)22(6-2)29(14-17-10-11-20(26)21(27)12-17)23(31)15-30(35(4,33)34)19-9-7-8-18(25)13-19/h7-13,16,22H,5-6,14-15H2,1-4H3,(H,28,32)/t16-,22+/m1/s1. The molecule has 7 nitrogen and oxygen atoms in total. The Morgan fingerprint density at radius 3 is 2.29 bits per heavy atom. The molecule has 0 saturated carbocycles. The van der Waals surface area contributed by atoms with Gasteiger partial charge in [-0.3, -0.25) is 13.9 Å². The van der Waals surface area contributed by atoms with Crippen molar-refractivity contribution in [3.63, 3.8) is 0 Å². The monoisotopic (exact) mass is 605 g/mol. The summed E-state index contributed by atoms with van der Waals surface area (Å²) in [7, 11) is -3.80. The Balaban J connectivity index is 2.46. The number of carbonyl (C=O) groups is 2. The van der Waals surface area contributed by atoms with Crippen molar-refractivity contribution in [2.75, 3.05) is 17.1 Å². The fourth-order valence-electron chi connectivity index (χ4n) is 3.44. The van der Waals surface area contributed by atoms with Crippen molar-refractivity contribution in [2.24, 2.45) is 0 Å². The first-order valence-electron chi connectivity index (χ1n) is 11.1. The highest BCUT2D eigenvalue weighted by Crippen LogP contribution is 2.25. The Morgan fingerprint density at radius 2 is 1.74 bits per heavy atom. The Bertz CT molecular complexity index is 1160. The fraction of sp³-hybridized carbons (Fsp3) is 0.417. The van der Waals surface area contributed by atoms with Crippen LogP contribution in [0.15, 0.2) is 46.9 Å². The Hall–Kier alpha value is -1.81. The van der Waals surface area contributed by atoms with E-state index in [0.29, 0.717) is 32.2 Å². The second-order valence-corrected chi connectivity index (χ2v) is 11.9. The van der Waals surface area contributed by atoms with Gasteiger partial charge in [0.15, 0.2) is 0 Å². The van der Waals surface area contributed by atoms with E-state index in [0.717, 1.165) is 17.0 Å². The van der Waals surface area contributed by atoms with Crippen molar-refractivity contribution in [3.8, 4) is 0 Å². The number of carbonyl (C=O) groups excluding carboxylic acids is 2. The number of halogens is 3. The molecule has 0 radical (unpaired) electrons. The lowest BCUT2D eigenvalue weighted by Gasteiger charge is -2.33. The van der Waals surface area contributed by atoms with Gasteiger partial charge in [0.1, 0.15) is 12.6 Å². The highest BCUT2D eigenvalue weighted by molar-refractivity contribution is 9.10. The number of hydrogen-bond donors (Lipinski definition) is 1. The molecule has 192 valence electrons. The Morgan fingerprint density at radius 1 is 1.06 bits per heavy atom. The normalized spacial score (nSPS) is 13.1. The molecule has 0 unspecified atom stereocenters. The number of hydrogen-bond acceptors (Lipinski definition) is 4. The Labute approximate surface area is 225 Å². The van der Waals surface area contributed by atoms with Crippen LogP contribution < -0.4 is 9.62 Å². The van der Waals surface area contributed by atoms with E-state index in [1.807, 2.05) is 13.8 Å². The molecule has 2 amide bonds. The fourth-order valence-corrected chi connectivity index (χ4v) is 4.99. The third-order valence-electron chi connectivity index (χ3n) is 5.50. The van der Waals surface area contributed by atoms with Gasteiger partial charge in [0.2, 0.25) is 21.8 Å². The van der Waals surface area contributed by atoms with Gasteiger partial charge in [-0.25, -0.2) is 8.42 Å². The number of sulfonamides is 1. The maximum absolute atomic E-state index is 13.6. The third-order valence-corrected chi connectivity index (χ3v) is 7.87. The molecule has 0 fully saturated rings. The van der Waals surface area contributed by atoms with Crippen molar-refractivity contribution in [3.05, 3.63) is 62.5 Å². The van der Waals surface area contributed by atoms with Gasteiger partial charge < -0.3 is 10.2 Å². The molecule has 35 heavy (non-hydrogen) atoms. The van der Waals surface area contributed by atoms with Crippen LogP contribution in [0.5, 0.6) is 0 Å². The SMILES string of the molecule is CC[C@@H](C)NC(=O)[C@H](CC)N(Cc1ccc(Cl)c(Cl)c1)C(=O)CN(c1cccc(Br)c1)S(C)(=O)=O. The number of anilines is 1. The molecule has 0 aliphatic heterocycles. The minimum atomic E-state index is -3.80. The zero-order valence-electron chi connectivity index (χ0n) is 20.1. The summed E-state index contributed by atoms with van der Waals surface area (Å²) in [4.78, 5) is 28.1. The van der Waals surface area contributed by atoms with Crippen LogP contribution >= 0.6 is 39.1 Å². The van der Waals surface area contributed by atoms with Crippen LogP contribution in [0.25, 0.3) is 0 Å². The van der Waals surface area contributed by atoms with Gasteiger partial charge >= 0.3 is 0 Å². The molecule has 0 aromatic heterocycles. The molecule has 0 aliphatic carbocycles. The van der Waals surface area contributed by atoms with Crippen LogP contribution in [0.4, 0.5) is 5.69 Å². The van der Waals surface area contributed by atoms with Crippen molar-refractivity contribution in [1.29, 1.82) is 0 Å². The summed E-state index contributed by atoms with van der Waals surface area (Å²) in [5.41, 5.74) is 0.998.